The van der Waals surface area contributed by atoms with Crippen molar-refractivity contribution in [3.63, 3.8) is 0 Å². The number of rotatable bonds is 3. The van der Waals surface area contributed by atoms with Crippen LogP contribution in [0.15, 0.2) is 48.5 Å². The van der Waals surface area contributed by atoms with Crippen molar-refractivity contribution in [1.82, 2.24) is 4.90 Å². The molecule has 2 aromatic rings. The molecule has 0 aromatic heterocycles. The number of aryl methyl sites for hydroxylation is 1. The molecule has 0 radical (unpaired) electrons. The molecule has 0 unspecified atom stereocenters. The van der Waals surface area contributed by atoms with Gasteiger partial charge >= 0.3 is 6.09 Å². The number of ether oxygens (including phenoxy) is 1. The van der Waals surface area contributed by atoms with Gasteiger partial charge in [0.05, 0.1) is 0 Å². The van der Waals surface area contributed by atoms with E-state index in [-0.39, 0.29) is 11.5 Å². The molecule has 0 aliphatic heterocycles. The molecule has 1 amide bonds. The van der Waals surface area contributed by atoms with Gasteiger partial charge in [-0.15, -0.1) is 0 Å². The van der Waals surface area contributed by atoms with E-state index < -0.39 is 0 Å². The monoisotopic (exact) mass is 295 g/mol. The number of amides is 1. The first kappa shape index (κ1) is 14.6. The van der Waals surface area contributed by atoms with Crippen LogP contribution < -0.4 is 4.74 Å². The lowest BCUT2D eigenvalue weighted by Gasteiger charge is -2.21. The van der Waals surface area contributed by atoms with Gasteiger partial charge in [0.15, 0.2) is 0 Å². The summed E-state index contributed by atoms with van der Waals surface area (Å²) in [6, 6.07) is 16.5. The van der Waals surface area contributed by atoms with E-state index in [1.807, 2.05) is 18.2 Å². The van der Waals surface area contributed by atoms with Crippen molar-refractivity contribution in [1.29, 1.82) is 0 Å². The zero-order chi connectivity index (χ0) is 15.7. The molecule has 22 heavy (non-hydrogen) atoms. The summed E-state index contributed by atoms with van der Waals surface area (Å²) in [5, 5.41) is 0. The fraction of sp³-hybridized carbons (Fsp3) is 0.316. The molecule has 3 heteroatoms. The van der Waals surface area contributed by atoms with Gasteiger partial charge in [-0.3, -0.25) is 0 Å². The highest BCUT2D eigenvalue weighted by molar-refractivity contribution is 5.71. The van der Waals surface area contributed by atoms with E-state index in [1.165, 1.54) is 16.0 Å². The smallest absolute Gasteiger partial charge is 0.410 e. The number of nitrogens with zero attached hydrogens (tertiary/aromatic N) is 1. The summed E-state index contributed by atoms with van der Waals surface area (Å²) in [5.41, 5.74) is 3.59. The lowest BCUT2D eigenvalue weighted by molar-refractivity contribution is 0.171. The van der Waals surface area contributed by atoms with Crippen molar-refractivity contribution in [3.8, 4) is 5.75 Å². The topological polar surface area (TPSA) is 29.5 Å². The van der Waals surface area contributed by atoms with Crippen molar-refractivity contribution in [3.05, 3.63) is 65.2 Å². The first-order valence-corrected chi connectivity index (χ1v) is 7.59. The highest BCUT2D eigenvalue weighted by atomic mass is 16.6. The zero-order valence-corrected chi connectivity index (χ0v) is 13.3. The van der Waals surface area contributed by atoms with Crippen LogP contribution in [0.4, 0.5) is 4.79 Å². The third-order valence-electron chi connectivity index (χ3n) is 4.29. The Morgan fingerprint density at radius 3 is 2.36 bits per heavy atom. The first-order valence-electron chi connectivity index (χ1n) is 7.59. The zero-order valence-electron chi connectivity index (χ0n) is 13.3. The first-order chi connectivity index (χ1) is 10.5. The van der Waals surface area contributed by atoms with Crippen LogP contribution in [0.25, 0.3) is 0 Å². The lowest BCUT2D eigenvalue weighted by Crippen LogP contribution is -2.26. The van der Waals surface area contributed by atoms with E-state index in [1.54, 1.807) is 14.1 Å². The lowest BCUT2D eigenvalue weighted by atomic mass is 9.86. The second-order valence-electron chi connectivity index (χ2n) is 6.21. The minimum Gasteiger partial charge on any atom is -0.410 e. The predicted octanol–water partition coefficient (Wildman–Crippen LogP) is 4.14. The van der Waals surface area contributed by atoms with Gasteiger partial charge in [0.1, 0.15) is 5.75 Å². The van der Waals surface area contributed by atoms with Gasteiger partial charge in [0, 0.05) is 25.1 Å². The van der Waals surface area contributed by atoms with E-state index in [0.29, 0.717) is 5.75 Å². The molecule has 0 atom stereocenters. The summed E-state index contributed by atoms with van der Waals surface area (Å²) in [4.78, 5) is 13.4. The number of carbonyl (C=O) groups is 1. The highest BCUT2D eigenvalue weighted by Gasteiger charge is 2.47. The van der Waals surface area contributed by atoms with Crippen LogP contribution >= 0.6 is 0 Å². The van der Waals surface area contributed by atoms with Gasteiger partial charge in [0.25, 0.3) is 0 Å². The third kappa shape index (κ3) is 2.59. The molecule has 0 bridgehead atoms. The van der Waals surface area contributed by atoms with Crippen LogP contribution in [0, 0.1) is 6.92 Å². The molecule has 1 aliphatic rings. The largest absolute Gasteiger partial charge is 0.414 e. The Morgan fingerprint density at radius 2 is 1.77 bits per heavy atom. The van der Waals surface area contributed by atoms with Gasteiger partial charge in [-0.25, -0.2) is 4.79 Å². The number of hydrogen-bond acceptors (Lipinski definition) is 2. The standard InChI is InChI=1S/C19H21NO2/c1-14-9-10-17(22-18(21)20(2)3)16(13-14)19(11-12-19)15-7-5-4-6-8-15/h4-10,13H,11-12H2,1-3H3. The minimum atomic E-state index is -0.339. The Bertz CT molecular complexity index is 688. The van der Waals surface area contributed by atoms with Crippen LogP contribution in [0.3, 0.4) is 0 Å². The number of hydrogen-bond donors (Lipinski definition) is 0. The van der Waals surface area contributed by atoms with Crippen LogP contribution in [0.1, 0.15) is 29.5 Å². The number of benzene rings is 2. The maximum Gasteiger partial charge on any atom is 0.414 e. The van der Waals surface area contributed by atoms with Gasteiger partial charge in [-0.1, -0.05) is 48.0 Å². The van der Waals surface area contributed by atoms with Crippen LogP contribution in [0.2, 0.25) is 0 Å². The molecule has 2 aromatic carbocycles. The van der Waals surface area contributed by atoms with E-state index >= 15 is 0 Å². The molecule has 1 fully saturated rings. The van der Waals surface area contributed by atoms with Gasteiger partial charge in [-0.05, 0) is 31.4 Å². The van der Waals surface area contributed by atoms with Gasteiger partial charge in [-0.2, -0.15) is 0 Å². The van der Waals surface area contributed by atoms with E-state index in [0.717, 1.165) is 18.4 Å². The van der Waals surface area contributed by atoms with Crippen LogP contribution in [0.5, 0.6) is 5.75 Å². The second kappa shape index (κ2) is 5.48. The molecule has 0 spiro atoms. The molecule has 0 N–H and O–H groups in total. The highest BCUT2D eigenvalue weighted by Crippen LogP contribution is 2.56. The maximum absolute atomic E-state index is 11.9. The average Bonchev–Trinajstić information content (AvgIpc) is 3.31. The van der Waals surface area contributed by atoms with Crippen LogP contribution in [-0.2, 0) is 5.41 Å². The Hall–Kier alpha value is -2.29. The summed E-state index contributed by atoms with van der Waals surface area (Å²) in [6.45, 7) is 2.07. The molecular formula is C19H21NO2. The Kier molecular flexibility index (Phi) is 3.65. The van der Waals surface area contributed by atoms with Crippen molar-refractivity contribution in [2.75, 3.05) is 14.1 Å². The summed E-state index contributed by atoms with van der Waals surface area (Å²) in [7, 11) is 3.39. The Balaban J connectivity index is 2.03. The molecule has 0 heterocycles. The van der Waals surface area contributed by atoms with Gasteiger partial charge < -0.3 is 9.64 Å². The molecule has 1 aliphatic carbocycles. The van der Waals surface area contributed by atoms with Crippen molar-refractivity contribution >= 4 is 6.09 Å². The van der Waals surface area contributed by atoms with Gasteiger partial charge in [0.2, 0.25) is 0 Å². The quantitative estimate of drug-likeness (QED) is 0.852. The van der Waals surface area contributed by atoms with Crippen molar-refractivity contribution < 1.29 is 9.53 Å². The maximum atomic E-state index is 11.9. The summed E-state index contributed by atoms with van der Waals surface area (Å²) < 4.78 is 5.60. The van der Waals surface area contributed by atoms with Crippen molar-refractivity contribution in [2.24, 2.45) is 0 Å². The molecule has 0 saturated heterocycles. The summed E-state index contributed by atoms with van der Waals surface area (Å²) in [6.07, 6.45) is 1.84. The third-order valence-corrected chi connectivity index (χ3v) is 4.29. The Morgan fingerprint density at radius 1 is 1.09 bits per heavy atom. The normalized spacial score (nSPS) is 15.2. The van der Waals surface area contributed by atoms with E-state index in [2.05, 4.69) is 37.3 Å². The molecule has 114 valence electrons. The molecule has 3 rings (SSSR count). The predicted molar refractivity (Wildman–Crippen MR) is 87.3 cm³/mol. The Labute approximate surface area is 131 Å². The fourth-order valence-corrected chi connectivity index (χ4v) is 2.89. The summed E-state index contributed by atoms with van der Waals surface area (Å²) >= 11 is 0. The second-order valence-corrected chi connectivity index (χ2v) is 6.21. The average molecular weight is 295 g/mol. The van der Waals surface area contributed by atoms with Crippen LogP contribution in [-0.4, -0.2) is 25.1 Å². The van der Waals surface area contributed by atoms with E-state index in [9.17, 15) is 4.79 Å². The summed E-state index contributed by atoms with van der Waals surface area (Å²) in [5.74, 6) is 0.672. The molecule has 1 saturated carbocycles. The SMILES string of the molecule is Cc1ccc(OC(=O)N(C)C)c(C2(c3ccccc3)CC2)c1. The molecular weight excluding hydrogens is 274 g/mol. The molecule has 3 nitrogen and oxygen atoms in total. The number of carbonyl (C=O) groups excluding carboxylic acids is 1. The minimum absolute atomic E-state index is 0.00476. The van der Waals surface area contributed by atoms with Crippen molar-refractivity contribution in [2.45, 2.75) is 25.2 Å². The van der Waals surface area contributed by atoms with E-state index in [4.69, 9.17) is 4.74 Å². The fourth-order valence-electron chi connectivity index (χ4n) is 2.89.